The summed E-state index contributed by atoms with van der Waals surface area (Å²) in [5.74, 6) is 0.617. The fraction of sp³-hybridized carbons (Fsp3) is 0. The normalized spacial score (nSPS) is 10.7. The summed E-state index contributed by atoms with van der Waals surface area (Å²) in [6.45, 7) is 0. The Morgan fingerprint density at radius 1 is 1.22 bits per heavy atom. The quantitative estimate of drug-likeness (QED) is 0.769. The Kier molecular flexibility index (Phi) is 2.90. The first-order valence-corrected chi connectivity index (χ1v) is 6.58. The van der Waals surface area contributed by atoms with Gasteiger partial charge >= 0.3 is 0 Å². The highest BCUT2D eigenvalue weighted by atomic mass is 32.2. The maximum absolute atomic E-state index is 5.67. The second kappa shape index (κ2) is 4.70. The average molecular weight is 277 g/mol. The number of hydrogen-bond acceptors (Lipinski definition) is 8. The van der Waals surface area contributed by atoms with Gasteiger partial charge in [-0.25, -0.2) is 9.97 Å². The van der Waals surface area contributed by atoms with Crippen LogP contribution in [0.4, 0.5) is 5.95 Å². The third-order valence-electron chi connectivity index (χ3n) is 1.94. The first kappa shape index (κ1) is 11.1. The Morgan fingerprint density at radius 2 is 2.17 bits per heavy atom. The van der Waals surface area contributed by atoms with Crippen LogP contribution in [-0.4, -0.2) is 29.5 Å². The summed E-state index contributed by atoms with van der Waals surface area (Å²) in [4.78, 5) is 20.5. The zero-order valence-corrected chi connectivity index (χ0v) is 10.6. The molecule has 0 aliphatic carbocycles. The van der Waals surface area contributed by atoms with Gasteiger partial charge in [-0.1, -0.05) is 0 Å². The van der Waals surface area contributed by atoms with Gasteiger partial charge in [0, 0.05) is 24.0 Å². The summed E-state index contributed by atoms with van der Waals surface area (Å²) >= 11 is 2.87. The van der Waals surface area contributed by atoms with E-state index in [1.54, 1.807) is 29.5 Å². The molecule has 3 aromatic heterocycles. The van der Waals surface area contributed by atoms with Crippen LogP contribution in [0.1, 0.15) is 0 Å². The lowest BCUT2D eigenvalue weighted by molar-refractivity contribution is 0.832. The molecule has 3 aromatic rings. The van der Waals surface area contributed by atoms with Crippen molar-refractivity contribution in [1.82, 2.24) is 29.5 Å². The van der Waals surface area contributed by atoms with Crippen molar-refractivity contribution in [1.29, 1.82) is 0 Å². The molecule has 18 heavy (non-hydrogen) atoms. The Bertz CT molecular complexity index is 635. The Morgan fingerprint density at radius 3 is 2.89 bits per heavy atom. The largest absolute Gasteiger partial charge is 0.368 e. The van der Waals surface area contributed by atoms with Gasteiger partial charge in [0.1, 0.15) is 6.33 Å². The third-order valence-corrected chi connectivity index (χ3v) is 3.69. The molecule has 7 nitrogen and oxygen atoms in total. The SMILES string of the molecule is Nc1nc(Sc2nccs2)nc(-n2ccnc2)n1. The molecule has 0 spiro atoms. The molecule has 9 heteroatoms. The van der Waals surface area contributed by atoms with Crippen LogP contribution in [0.2, 0.25) is 0 Å². The van der Waals surface area contributed by atoms with Crippen LogP contribution in [0, 0.1) is 0 Å². The van der Waals surface area contributed by atoms with E-state index in [2.05, 4.69) is 24.9 Å². The van der Waals surface area contributed by atoms with Crippen LogP contribution >= 0.6 is 23.1 Å². The first-order valence-electron chi connectivity index (χ1n) is 4.88. The molecule has 0 aromatic carbocycles. The second-order valence-corrected chi connectivity index (χ2v) is 5.26. The number of aromatic nitrogens is 6. The van der Waals surface area contributed by atoms with E-state index in [-0.39, 0.29) is 5.95 Å². The molecule has 0 fully saturated rings. The van der Waals surface area contributed by atoms with Gasteiger partial charge in [0.05, 0.1) is 0 Å². The van der Waals surface area contributed by atoms with Gasteiger partial charge in [-0.2, -0.15) is 15.0 Å². The molecule has 0 aliphatic heterocycles. The number of thiazole rings is 1. The zero-order chi connectivity index (χ0) is 12.4. The van der Waals surface area contributed by atoms with E-state index in [0.29, 0.717) is 11.1 Å². The van der Waals surface area contributed by atoms with E-state index in [0.717, 1.165) is 4.34 Å². The van der Waals surface area contributed by atoms with Gasteiger partial charge in [-0.3, -0.25) is 4.57 Å². The van der Waals surface area contributed by atoms with Crippen molar-refractivity contribution in [3.05, 3.63) is 30.3 Å². The number of nitrogens with zero attached hydrogens (tertiary/aromatic N) is 6. The molecule has 0 radical (unpaired) electrons. The summed E-state index contributed by atoms with van der Waals surface area (Å²) in [7, 11) is 0. The maximum Gasteiger partial charge on any atom is 0.240 e. The molecule has 0 aliphatic rings. The molecule has 3 heterocycles. The topological polar surface area (TPSA) is 95.4 Å². The second-order valence-electron chi connectivity index (χ2n) is 3.15. The van der Waals surface area contributed by atoms with Gasteiger partial charge in [-0.05, 0) is 11.8 Å². The van der Waals surface area contributed by atoms with Crippen molar-refractivity contribution >= 4 is 29.0 Å². The van der Waals surface area contributed by atoms with Crippen LogP contribution < -0.4 is 5.73 Å². The molecule has 90 valence electrons. The molecular weight excluding hydrogens is 270 g/mol. The molecule has 0 bridgehead atoms. The minimum Gasteiger partial charge on any atom is -0.368 e. The molecule has 2 N–H and O–H groups in total. The molecule has 0 atom stereocenters. The van der Waals surface area contributed by atoms with E-state index in [1.165, 1.54) is 23.1 Å². The molecule has 0 unspecified atom stereocenters. The fourth-order valence-corrected chi connectivity index (χ4v) is 2.72. The molecule has 0 saturated carbocycles. The molecular formula is C9H7N7S2. The Hall–Kier alpha value is -2.00. The van der Waals surface area contributed by atoms with E-state index >= 15 is 0 Å². The predicted octanol–water partition coefficient (Wildman–Crippen LogP) is 1.25. The smallest absolute Gasteiger partial charge is 0.240 e. The highest BCUT2D eigenvalue weighted by molar-refractivity contribution is 8.00. The van der Waals surface area contributed by atoms with Crippen LogP contribution in [-0.2, 0) is 0 Å². The minimum absolute atomic E-state index is 0.174. The van der Waals surface area contributed by atoms with Gasteiger partial charge in [-0.15, -0.1) is 11.3 Å². The van der Waals surface area contributed by atoms with Crippen molar-refractivity contribution in [2.24, 2.45) is 0 Å². The van der Waals surface area contributed by atoms with Crippen LogP contribution in [0.15, 0.2) is 39.8 Å². The van der Waals surface area contributed by atoms with Crippen LogP contribution in [0.5, 0.6) is 0 Å². The number of nitrogen functional groups attached to an aromatic ring is 1. The summed E-state index contributed by atoms with van der Waals surface area (Å²) in [5.41, 5.74) is 5.67. The lowest BCUT2D eigenvalue weighted by Gasteiger charge is -2.03. The van der Waals surface area contributed by atoms with E-state index in [4.69, 9.17) is 5.73 Å². The van der Waals surface area contributed by atoms with Crippen LogP contribution in [0.3, 0.4) is 0 Å². The van der Waals surface area contributed by atoms with Crippen molar-refractivity contribution in [2.75, 3.05) is 5.73 Å². The van der Waals surface area contributed by atoms with Crippen molar-refractivity contribution in [2.45, 2.75) is 9.50 Å². The number of anilines is 1. The zero-order valence-electron chi connectivity index (χ0n) is 8.96. The monoisotopic (exact) mass is 277 g/mol. The summed E-state index contributed by atoms with van der Waals surface area (Å²) < 4.78 is 2.53. The van der Waals surface area contributed by atoms with Gasteiger partial charge in [0.15, 0.2) is 4.34 Å². The molecule has 0 saturated heterocycles. The highest BCUT2D eigenvalue weighted by Crippen LogP contribution is 2.26. The fourth-order valence-electron chi connectivity index (χ4n) is 1.24. The van der Waals surface area contributed by atoms with Crippen LogP contribution in [0.25, 0.3) is 5.95 Å². The van der Waals surface area contributed by atoms with Crippen molar-refractivity contribution in [3.63, 3.8) is 0 Å². The van der Waals surface area contributed by atoms with Gasteiger partial charge < -0.3 is 5.73 Å². The lowest BCUT2D eigenvalue weighted by atomic mass is 10.8. The maximum atomic E-state index is 5.67. The third kappa shape index (κ3) is 2.31. The Labute approximate surface area is 110 Å². The first-order chi connectivity index (χ1) is 8.81. The standard InChI is InChI=1S/C9H7N7S2/c10-6-13-7(16-3-1-11-5-16)15-8(14-6)18-9-12-2-4-17-9/h1-5H,(H2,10,13,14,15). The highest BCUT2D eigenvalue weighted by Gasteiger charge is 2.08. The average Bonchev–Trinajstić information content (AvgIpc) is 3.00. The Balaban J connectivity index is 1.96. The summed E-state index contributed by atoms with van der Waals surface area (Å²) in [6.07, 6.45) is 6.72. The molecule has 3 rings (SSSR count). The van der Waals surface area contributed by atoms with Gasteiger partial charge in [0.2, 0.25) is 17.1 Å². The minimum atomic E-state index is 0.174. The summed E-state index contributed by atoms with van der Waals surface area (Å²) in [5, 5.41) is 2.41. The predicted molar refractivity (Wildman–Crippen MR) is 67.6 cm³/mol. The number of imidazole rings is 1. The lowest BCUT2D eigenvalue weighted by Crippen LogP contribution is -2.05. The van der Waals surface area contributed by atoms with E-state index in [9.17, 15) is 0 Å². The van der Waals surface area contributed by atoms with E-state index in [1.807, 2.05) is 5.38 Å². The van der Waals surface area contributed by atoms with Gasteiger partial charge in [0.25, 0.3) is 0 Å². The number of hydrogen-bond donors (Lipinski definition) is 1. The number of rotatable bonds is 3. The van der Waals surface area contributed by atoms with E-state index < -0.39 is 0 Å². The van der Waals surface area contributed by atoms with Crippen molar-refractivity contribution < 1.29 is 0 Å². The summed E-state index contributed by atoms with van der Waals surface area (Å²) in [6, 6.07) is 0. The molecule has 0 amide bonds. The number of nitrogens with two attached hydrogens (primary N) is 1. The van der Waals surface area contributed by atoms with Crippen molar-refractivity contribution in [3.8, 4) is 5.95 Å².